The molecule has 0 atom stereocenters. The van der Waals surface area contributed by atoms with Crippen molar-refractivity contribution in [3.8, 4) is 44.5 Å². The number of hydrogen-bond acceptors (Lipinski definition) is 4. The first-order chi connectivity index (χ1) is 26.7. The first kappa shape index (κ1) is 30.5. The van der Waals surface area contributed by atoms with Crippen LogP contribution < -0.4 is 5.69 Å². The Morgan fingerprint density at radius 1 is 0.426 bits per heavy atom. The Morgan fingerprint density at radius 3 is 1.56 bits per heavy atom. The van der Waals surface area contributed by atoms with Gasteiger partial charge in [0, 0.05) is 38.4 Å². The van der Waals surface area contributed by atoms with E-state index in [1.807, 2.05) is 60.7 Å². The summed E-state index contributed by atoms with van der Waals surface area (Å²) in [6.07, 6.45) is 0. The lowest BCUT2D eigenvalue weighted by Crippen LogP contribution is -2.19. The molecule has 7 aromatic carbocycles. The third-order valence-electron chi connectivity index (χ3n) is 10.4. The molecule has 11 rings (SSSR count). The van der Waals surface area contributed by atoms with Crippen molar-refractivity contribution in [3.63, 3.8) is 0 Å². The molecule has 7 heteroatoms. The second-order valence-electron chi connectivity index (χ2n) is 13.4. The molecule has 0 spiro atoms. The molecule has 0 aliphatic carbocycles. The number of fused-ring (bicyclic) bond motifs is 7. The van der Waals surface area contributed by atoms with Crippen LogP contribution in [0.2, 0.25) is 0 Å². The van der Waals surface area contributed by atoms with Crippen LogP contribution in [0.1, 0.15) is 0 Å². The van der Waals surface area contributed by atoms with Crippen molar-refractivity contribution < 1.29 is 0 Å². The number of benzene rings is 7. The number of thiazole rings is 1. The maximum Gasteiger partial charge on any atom is 0.356 e. The number of aromatic nitrogens is 5. The van der Waals surface area contributed by atoms with Crippen molar-refractivity contribution in [2.45, 2.75) is 0 Å². The highest BCUT2D eigenvalue weighted by Crippen LogP contribution is 2.42. The minimum Gasteiger partial charge on any atom is -0.309 e. The fourth-order valence-electron chi connectivity index (χ4n) is 7.97. The van der Waals surface area contributed by atoms with E-state index in [1.165, 1.54) is 33.1 Å². The van der Waals surface area contributed by atoms with E-state index in [4.69, 9.17) is 4.98 Å². The number of hydrogen-bond donors (Lipinski definition) is 0. The van der Waals surface area contributed by atoms with Gasteiger partial charge >= 0.3 is 5.69 Å². The second-order valence-corrected chi connectivity index (χ2v) is 14.4. The van der Waals surface area contributed by atoms with Crippen LogP contribution in [-0.4, -0.2) is 23.5 Å². The third kappa shape index (κ3) is 4.62. The van der Waals surface area contributed by atoms with Gasteiger partial charge in [0.15, 0.2) is 5.82 Å². The van der Waals surface area contributed by atoms with E-state index in [2.05, 4.69) is 129 Å². The van der Waals surface area contributed by atoms with E-state index in [9.17, 15) is 4.79 Å². The van der Waals surface area contributed by atoms with Crippen LogP contribution in [0.15, 0.2) is 181 Å². The molecule has 0 aliphatic rings. The zero-order valence-corrected chi connectivity index (χ0v) is 29.6. The lowest BCUT2D eigenvalue weighted by atomic mass is 10.0. The van der Waals surface area contributed by atoms with Crippen LogP contribution in [0.25, 0.3) is 93.0 Å². The zero-order valence-electron chi connectivity index (χ0n) is 28.8. The summed E-state index contributed by atoms with van der Waals surface area (Å²) in [6, 6.07) is 61.0. The Morgan fingerprint density at radius 2 is 0.926 bits per heavy atom. The lowest BCUT2D eigenvalue weighted by Gasteiger charge is -2.10. The fourth-order valence-corrected chi connectivity index (χ4v) is 9.13. The van der Waals surface area contributed by atoms with Crippen LogP contribution >= 0.6 is 11.3 Å². The standard InChI is InChI=1S/C47H29N5OS/c53-46-48-44(31-16-6-2-7-17-31)49-47-52(46)43(30-14-4-1-5-15-30)45(54-47)51-40-23-13-11-21-36(40)38-29-33(25-27-42(38)51)32-24-26-41-37(28-32)35-20-10-12-22-39(35)50(41)34-18-8-3-9-19-34/h1-29H. The van der Waals surface area contributed by atoms with Crippen LogP contribution in [0, 0.1) is 0 Å². The molecule has 4 heterocycles. The molecule has 0 fully saturated rings. The van der Waals surface area contributed by atoms with Crippen LogP contribution in [0.3, 0.4) is 0 Å². The summed E-state index contributed by atoms with van der Waals surface area (Å²) in [5.41, 5.74) is 10.0. The van der Waals surface area contributed by atoms with E-state index >= 15 is 0 Å². The fraction of sp³-hybridized carbons (Fsp3) is 0. The molecule has 6 nitrogen and oxygen atoms in total. The van der Waals surface area contributed by atoms with Gasteiger partial charge in [-0.25, -0.2) is 9.20 Å². The Bertz CT molecular complexity index is 3290. The van der Waals surface area contributed by atoms with Crippen LogP contribution in [0.4, 0.5) is 0 Å². The third-order valence-corrected chi connectivity index (χ3v) is 11.4. The van der Waals surface area contributed by atoms with E-state index in [-0.39, 0.29) is 5.69 Å². The van der Waals surface area contributed by atoms with Crippen molar-refractivity contribution in [1.29, 1.82) is 0 Å². The molecule has 0 aliphatic heterocycles. The van der Waals surface area contributed by atoms with Gasteiger partial charge in [-0.1, -0.05) is 139 Å². The van der Waals surface area contributed by atoms with Crippen LogP contribution in [0.5, 0.6) is 0 Å². The van der Waals surface area contributed by atoms with E-state index < -0.39 is 0 Å². The second kappa shape index (κ2) is 12.0. The van der Waals surface area contributed by atoms with Gasteiger partial charge in [-0.05, 0) is 59.7 Å². The van der Waals surface area contributed by atoms with Crippen molar-refractivity contribution >= 4 is 59.9 Å². The Balaban J connectivity index is 1.14. The lowest BCUT2D eigenvalue weighted by molar-refractivity contribution is 0.968. The number of nitrogens with zero attached hydrogens (tertiary/aromatic N) is 5. The SMILES string of the molecule is O=c1nc(-c2ccccc2)nc2sc(-n3c4ccccc4c4cc(-c5ccc6c(c5)c5ccccc5n6-c5ccccc5)ccc43)c(-c3ccccc3)n12. The summed E-state index contributed by atoms with van der Waals surface area (Å²) < 4.78 is 6.30. The van der Waals surface area contributed by atoms with Gasteiger partial charge in [-0.2, -0.15) is 9.97 Å². The van der Waals surface area contributed by atoms with E-state index in [1.54, 1.807) is 4.40 Å². The quantitative estimate of drug-likeness (QED) is 0.179. The average Bonchev–Trinajstić information content (AvgIpc) is 3.89. The zero-order chi connectivity index (χ0) is 35.8. The van der Waals surface area contributed by atoms with Gasteiger partial charge in [-0.15, -0.1) is 0 Å². The van der Waals surface area contributed by atoms with Crippen molar-refractivity contribution in [1.82, 2.24) is 23.5 Å². The Labute approximate surface area is 313 Å². The predicted molar refractivity (Wildman–Crippen MR) is 222 cm³/mol. The van der Waals surface area contributed by atoms with Gasteiger partial charge in [-0.3, -0.25) is 4.57 Å². The summed E-state index contributed by atoms with van der Waals surface area (Å²) in [6.45, 7) is 0. The molecule has 0 bridgehead atoms. The smallest absolute Gasteiger partial charge is 0.309 e. The minimum atomic E-state index is -0.354. The first-order valence-electron chi connectivity index (χ1n) is 17.9. The highest BCUT2D eigenvalue weighted by molar-refractivity contribution is 7.20. The molecular weight excluding hydrogens is 683 g/mol. The van der Waals surface area contributed by atoms with Crippen molar-refractivity contribution in [2.75, 3.05) is 0 Å². The molecule has 0 unspecified atom stereocenters. The molecule has 0 saturated carbocycles. The average molecular weight is 712 g/mol. The summed E-state index contributed by atoms with van der Waals surface area (Å²) in [7, 11) is 0. The van der Waals surface area contributed by atoms with Crippen LogP contribution in [-0.2, 0) is 0 Å². The molecule has 54 heavy (non-hydrogen) atoms. The Kier molecular flexibility index (Phi) is 6.77. The van der Waals surface area contributed by atoms with Gasteiger partial charge in [0.1, 0.15) is 5.00 Å². The molecule has 0 saturated heterocycles. The van der Waals surface area contributed by atoms with E-state index in [0.29, 0.717) is 10.8 Å². The van der Waals surface area contributed by atoms with Crippen molar-refractivity contribution in [3.05, 3.63) is 186 Å². The van der Waals surface area contributed by atoms with Gasteiger partial charge < -0.3 is 4.57 Å². The van der Waals surface area contributed by atoms with Gasteiger partial charge in [0.25, 0.3) is 0 Å². The maximum atomic E-state index is 13.9. The molecule has 11 aromatic rings. The van der Waals surface area contributed by atoms with E-state index in [0.717, 1.165) is 60.4 Å². The molecule has 4 aromatic heterocycles. The molecular formula is C47H29N5OS. The van der Waals surface area contributed by atoms with Crippen molar-refractivity contribution in [2.24, 2.45) is 0 Å². The molecule has 0 amide bonds. The van der Waals surface area contributed by atoms with Gasteiger partial charge in [0.2, 0.25) is 4.96 Å². The predicted octanol–water partition coefficient (Wildman–Crippen LogP) is 11.3. The molecule has 0 N–H and O–H groups in total. The summed E-state index contributed by atoms with van der Waals surface area (Å²) >= 11 is 1.51. The minimum absolute atomic E-state index is 0.354. The largest absolute Gasteiger partial charge is 0.356 e. The highest BCUT2D eigenvalue weighted by atomic mass is 32.1. The Hall–Kier alpha value is -7.09. The molecule has 254 valence electrons. The summed E-state index contributed by atoms with van der Waals surface area (Å²) in [4.78, 5) is 24.0. The monoisotopic (exact) mass is 711 g/mol. The van der Waals surface area contributed by atoms with Gasteiger partial charge in [0.05, 0.1) is 27.8 Å². The topological polar surface area (TPSA) is 57.1 Å². The molecule has 0 radical (unpaired) electrons. The number of para-hydroxylation sites is 3. The summed E-state index contributed by atoms with van der Waals surface area (Å²) in [5, 5.41) is 5.62. The first-order valence-corrected chi connectivity index (χ1v) is 18.7. The number of rotatable bonds is 5. The normalized spacial score (nSPS) is 11.8. The maximum absolute atomic E-state index is 13.9. The highest BCUT2D eigenvalue weighted by Gasteiger charge is 2.24. The summed E-state index contributed by atoms with van der Waals surface area (Å²) in [5.74, 6) is 0.420.